The zero-order valence-corrected chi connectivity index (χ0v) is 8.60. The van der Waals surface area contributed by atoms with E-state index in [1.807, 2.05) is 0 Å². The first kappa shape index (κ1) is 12.6. The number of hydrogen-bond donors (Lipinski definition) is 2. The second-order valence-electron chi connectivity index (χ2n) is 2.74. The Morgan fingerprint density at radius 3 is 2.81 bits per heavy atom. The number of halogens is 3. The SMILES string of the molecule is O=C(O)c1ccnc(NSCC(F)(F)F)c1. The number of aromatic nitrogens is 1. The summed E-state index contributed by atoms with van der Waals surface area (Å²) in [6, 6.07) is 2.41. The zero-order valence-electron chi connectivity index (χ0n) is 7.78. The molecule has 0 aliphatic heterocycles. The predicted octanol–water partition coefficient (Wildman–Crippen LogP) is 2.40. The van der Waals surface area contributed by atoms with Crippen LogP contribution in [-0.4, -0.2) is 28.0 Å². The van der Waals surface area contributed by atoms with Crippen LogP contribution in [0.15, 0.2) is 18.3 Å². The van der Waals surface area contributed by atoms with Crippen LogP contribution in [0.2, 0.25) is 0 Å². The van der Waals surface area contributed by atoms with Gasteiger partial charge in [0.25, 0.3) is 0 Å². The molecule has 0 bridgehead atoms. The molecule has 0 aliphatic rings. The molecule has 88 valence electrons. The van der Waals surface area contributed by atoms with Crippen LogP contribution in [0.5, 0.6) is 0 Å². The van der Waals surface area contributed by atoms with Gasteiger partial charge in [-0.1, -0.05) is 0 Å². The van der Waals surface area contributed by atoms with E-state index in [2.05, 4.69) is 9.71 Å². The van der Waals surface area contributed by atoms with Gasteiger partial charge in [-0.3, -0.25) is 0 Å². The third-order valence-electron chi connectivity index (χ3n) is 1.42. The molecule has 16 heavy (non-hydrogen) atoms. The summed E-state index contributed by atoms with van der Waals surface area (Å²) in [5, 5.41) is 8.62. The van der Waals surface area contributed by atoms with Crippen molar-refractivity contribution in [1.82, 2.24) is 4.98 Å². The summed E-state index contributed by atoms with van der Waals surface area (Å²) in [6.45, 7) is 0. The Balaban J connectivity index is 2.55. The average Bonchev–Trinajstić information content (AvgIpc) is 2.16. The second kappa shape index (κ2) is 5.06. The molecule has 0 saturated heterocycles. The van der Waals surface area contributed by atoms with Gasteiger partial charge in [0.1, 0.15) is 11.6 Å². The fourth-order valence-electron chi connectivity index (χ4n) is 0.811. The lowest BCUT2D eigenvalue weighted by Crippen LogP contribution is -2.12. The summed E-state index contributed by atoms with van der Waals surface area (Å²) in [5.74, 6) is -2.16. The summed E-state index contributed by atoms with van der Waals surface area (Å²) in [7, 11) is 0. The largest absolute Gasteiger partial charge is 0.478 e. The van der Waals surface area contributed by atoms with Crippen LogP contribution in [0.1, 0.15) is 10.4 Å². The van der Waals surface area contributed by atoms with Gasteiger partial charge >= 0.3 is 12.1 Å². The molecule has 0 fully saturated rings. The van der Waals surface area contributed by atoms with Crippen molar-refractivity contribution >= 4 is 23.7 Å². The first-order chi connectivity index (χ1) is 7.38. The minimum Gasteiger partial charge on any atom is -0.478 e. The molecule has 8 heteroatoms. The zero-order chi connectivity index (χ0) is 12.2. The first-order valence-corrected chi connectivity index (χ1v) is 5.01. The summed E-state index contributed by atoms with van der Waals surface area (Å²) < 4.78 is 37.7. The van der Waals surface area contributed by atoms with Crippen LogP contribution < -0.4 is 4.72 Å². The Hall–Kier alpha value is -1.44. The van der Waals surface area contributed by atoms with Gasteiger partial charge in [0.2, 0.25) is 0 Å². The average molecular weight is 252 g/mol. The number of pyridine rings is 1. The lowest BCUT2D eigenvalue weighted by molar-refractivity contribution is -0.105. The lowest BCUT2D eigenvalue weighted by atomic mass is 10.3. The Bertz CT molecular complexity index is 384. The number of carbonyl (C=O) groups is 1. The summed E-state index contributed by atoms with van der Waals surface area (Å²) in [6.07, 6.45) is -3.07. The van der Waals surface area contributed by atoms with Crippen LogP contribution in [0.4, 0.5) is 19.0 Å². The molecule has 1 rings (SSSR count). The predicted molar refractivity (Wildman–Crippen MR) is 53.3 cm³/mol. The highest BCUT2D eigenvalue weighted by atomic mass is 32.2. The molecule has 1 heterocycles. The van der Waals surface area contributed by atoms with E-state index < -0.39 is 17.9 Å². The molecule has 4 nitrogen and oxygen atoms in total. The number of alkyl halides is 3. The number of anilines is 1. The normalized spacial score (nSPS) is 11.2. The van der Waals surface area contributed by atoms with Crippen molar-refractivity contribution in [1.29, 1.82) is 0 Å². The number of nitrogens with one attached hydrogen (secondary N) is 1. The molecular formula is C8H7F3N2O2S. The van der Waals surface area contributed by atoms with Crippen LogP contribution >= 0.6 is 11.9 Å². The highest BCUT2D eigenvalue weighted by Crippen LogP contribution is 2.22. The minimum atomic E-state index is -4.28. The molecular weight excluding hydrogens is 245 g/mol. The fourth-order valence-corrected chi connectivity index (χ4v) is 1.31. The van der Waals surface area contributed by atoms with Crippen molar-refractivity contribution < 1.29 is 23.1 Å². The number of nitrogens with zero attached hydrogens (tertiary/aromatic N) is 1. The van der Waals surface area contributed by atoms with Crippen molar-refractivity contribution in [2.75, 3.05) is 10.5 Å². The number of carboxylic acid groups (broad SMARTS) is 1. The van der Waals surface area contributed by atoms with Gasteiger partial charge in [-0.25, -0.2) is 9.78 Å². The highest BCUT2D eigenvalue weighted by Gasteiger charge is 2.27. The summed E-state index contributed by atoms with van der Waals surface area (Å²) in [4.78, 5) is 14.2. The third-order valence-corrected chi connectivity index (χ3v) is 2.24. The Labute approximate surface area is 93.0 Å². The van der Waals surface area contributed by atoms with Gasteiger partial charge in [-0.15, -0.1) is 0 Å². The van der Waals surface area contributed by atoms with E-state index in [0.717, 1.165) is 6.07 Å². The van der Waals surface area contributed by atoms with Gasteiger partial charge in [-0.05, 0) is 24.1 Å². The van der Waals surface area contributed by atoms with E-state index in [4.69, 9.17) is 5.11 Å². The topological polar surface area (TPSA) is 62.2 Å². The molecule has 0 unspecified atom stereocenters. The van der Waals surface area contributed by atoms with Gasteiger partial charge in [0.15, 0.2) is 0 Å². The summed E-state index contributed by atoms with van der Waals surface area (Å²) >= 11 is 0.403. The van der Waals surface area contributed by atoms with Crippen LogP contribution in [-0.2, 0) is 0 Å². The van der Waals surface area contributed by atoms with E-state index in [9.17, 15) is 18.0 Å². The molecule has 0 spiro atoms. The lowest BCUT2D eigenvalue weighted by Gasteiger charge is -2.07. The molecule has 0 aliphatic carbocycles. The van der Waals surface area contributed by atoms with Crippen molar-refractivity contribution in [2.45, 2.75) is 6.18 Å². The number of carboxylic acids is 1. The van der Waals surface area contributed by atoms with Crippen molar-refractivity contribution in [3.05, 3.63) is 23.9 Å². The van der Waals surface area contributed by atoms with E-state index in [1.54, 1.807) is 0 Å². The molecule has 1 aromatic rings. The third kappa shape index (κ3) is 4.39. The maximum absolute atomic E-state index is 11.8. The van der Waals surface area contributed by atoms with E-state index in [0.29, 0.717) is 11.9 Å². The van der Waals surface area contributed by atoms with E-state index >= 15 is 0 Å². The second-order valence-corrected chi connectivity index (χ2v) is 3.52. The van der Waals surface area contributed by atoms with Gasteiger partial charge in [0, 0.05) is 6.20 Å². The Morgan fingerprint density at radius 2 is 2.25 bits per heavy atom. The molecule has 0 radical (unpaired) electrons. The molecule has 2 N–H and O–H groups in total. The van der Waals surface area contributed by atoms with Crippen LogP contribution in [0.3, 0.4) is 0 Å². The first-order valence-electron chi connectivity index (χ1n) is 4.02. The fraction of sp³-hybridized carbons (Fsp3) is 0.250. The maximum Gasteiger partial charge on any atom is 0.399 e. The molecule has 0 saturated carbocycles. The van der Waals surface area contributed by atoms with E-state index in [-0.39, 0.29) is 11.4 Å². The number of rotatable bonds is 4. The van der Waals surface area contributed by atoms with Gasteiger partial charge in [0.05, 0.1) is 5.56 Å². The van der Waals surface area contributed by atoms with Gasteiger partial charge < -0.3 is 9.83 Å². The molecule has 0 aromatic carbocycles. The Kier molecular flexibility index (Phi) is 3.99. The standard InChI is InChI=1S/C8H7F3N2O2S/c9-8(10,11)4-16-13-6-3-5(7(14)15)1-2-12-6/h1-3H,4H2,(H,12,13)(H,14,15). The quantitative estimate of drug-likeness (QED) is 0.806. The molecule has 0 amide bonds. The number of aromatic carboxylic acids is 1. The van der Waals surface area contributed by atoms with Crippen molar-refractivity contribution in [3.8, 4) is 0 Å². The minimum absolute atomic E-state index is 0.0369. The van der Waals surface area contributed by atoms with Crippen LogP contribution in [0.25, 0.3) is 0 Å². The van der Waals surface area contributed by atoms with Crippen molar-refractivity contribution in [2.24, 2.45) is 0 Å². The maximum atomic E-state index is 11.8. The van der Waals surface area contributed by atoms with E-state index in [1.165, 1.54) is 12.3 Å². The number of hydrogen-bond acceptors (Lipinski definition) is 4. The van der Waals surface area contributed by atoms with Gasteiger partial charge in [-0.2, -0.15) is 13.2 Å². The smallest absolute Gasteiger partial charge is 0.399 e. The monoisotopic (exact) mass is 252 g/mol. The molecule has 1 aromatic heterocycles. The summed E-state index contributed by atoms with van der Waals surface area (Å²) in [5.41, 5.74) is -0.0369. The molecule has 0 atom stereocenters. The van der Waals surface area contributed by atoms with Crippen LogP contribution in [0, 0.1) is 0 Å². The Morgan fingerprint density at radius 1 is 1.56 bits per heavy atom. The van der Waals surface area contributed by atoms with Crippen molar-refractivity contribution in [3.63, 3.8) is 0 Å². The highest BCUT2D eigenvalue weighted by molar-refractivity contribution is 8.00.